The molecule has 4 nitrogen and oxygen atoms in total. The first-order chi connectivity index (χ1) is 11.2. The Morgan fingerprint density at radius 2 is 1.78 bits per heavy atom. The van der Waals surface area contributed by atoms with Crippen molar-refractivity contribution in [1.82, 2.24) is 0 Å². The normalized spacial score (nSPS) is 10.5. The van der Waals surface area contributed by atoms with E-state index in [1.807, 2.05) is 48.5 Å². The van der Waals surface area contributed by atoms with Crippen molar-refractivity contribution in [2.75, 3.05) is 13.7 Å². The van der Waals surface area contributed by atoms with Crippen LogP contribution in [-0.2, 0) is 16.1 Å². The van der Waals surface area contributed by atoms with Gasteiger partial charge in [0.25, 0.3) is 0 Å². The zero-order chi connectivity index (χ0) is 16.5. The molecule has 0 radical (unpaired) electrons. The number of methoxy groups -OCH3 is 1. The van der Waals surface area contributed by atoms with Gasteiger partial charge in [0, 0.05) is 6.08 Å². The molecule has 2 rings (SSSR count). The molecule has 0 heterocycles. The van der Waals surface area contributed by atoms with Crippen LogP contribution in [-0.4, -0.2) is 19.7 Å². The lowest BCUT2D eigenvalue weighted by atomic mass is 10.1. The lowest BCUT2D eigenvalue weighted by Crippen LogP contribution is -2.00. The van der Waals surface area contributed by atoms with Crippen molar-refractivity contribution in [2.24, 2.45) is 0 Å². The molecule has 0 N–H and O–H groups in total. The Labute approximate surface area is 136 Å². The monoisotopic (exact) mass is 312 g/mol. The fourth-order valence-electron chi connectivity index (χ4n) is 2.07. The second-order valence-corrected chi connectivity index (χ2v) is 4.73. The van der Waals surface area contributed by atoms with E-state index in [2.05, 4.69) is 0 Å². The van der Waals surface area contributed by atoms with Crippen LogP contribution in [0.25, 0.3) is 6.08 Å². The lowest BCUT2D eigenvalue weighted by Gasteiger charge is -2.12. The number of carbonyl (C=O) groups is 1. The van der Waals surface area contributed by atoms with Gasteiger partial charge in [-0.1, -0.05) is 36.4 Å². The summed E-state index contributed by atoms with van der Waals surface area (Å²) in [6, 6.07) is 15.4. The van der Waals surface area contributed by atoms with E-state index < -0.39 is 5.97 Å². The molecule has 0 aliphatic heterocycles. The van der Waals surface area contributed by atoms with Crippen molar-refractivity contribution in [3.63, 3.8) is 0 Å². The van der Waals surface area contributed by atoms with Crippen molar-refractivity contribution in [1.29, 1.82) is 0 Å². The molecule has 0 saturated heterocycles. The average Bonchev–Trinajstić information content (AvgIpc) is 2.59. The number of hydrogen-bond acceptors (Lipinski definition) is 4. The van der Waals surface area contributed by atoms with E-state index in [1.54, 1.807) is 20.1 Å². The van der Waals surface area contributed by atoms with E-state index in [-0.39, 0.29) is 0 Å². The Balaban J connectivity index is 2.19. The Bertz CT molecular complexity index is 662. The fourth-order valence-corrected chi connectivity index (χ4v) is 2.07. The maximum atomic E-state index is 11.5. The van der Waals surface area contributed by atoms with Gasteiger partial charge in [0.2, 0.25) is 0 Å². The van der Waals surface area contributed by atoms with E-state index >= 15 is 0 Å². The van der Waals surface area contributed by atoms with Gasteiger partial charge in [-0.25, -0.2) is 4.79 Å². The third-order valence-electron chi connectivity index (χ3n) is 3.16. The summed E-state index contributed by atoms with van der Waals surface area (Å²) in [5.41, 5.74) is 1.77. The molecule has 0 aliphatic carbocycles. The van der Waals surface area contributed by atoms with Crippen LogP contribution in [0.3, 0.4) is 0 Å². The summed E-state index contributed by atoms with van der Waals surface area (Å²) in [5, 5.41) is 0. The van der Waals surface area contributed by atoms with Gasteiger partial charge in [-0.2, -0.15) is 0 Å². The van der Waals surface area contributed by atoms with Crippen molar-refractivity contribution < 1.29 is 19.0 Å². The summed E-state index contributed by atoms with van der Waals surface area (Å²) in [7, 11) is 1.58. The van der Waals surface area contributed by atoms with Crippen molar-refractivity contribution in [3.05, 3.63) is 65.7 Å². The van der Waals surface area contributed by atoms with E-state index in [0.717, 1.165) is 5.56 Å². The number of hydrogen-bond donors (Lipinski definition) is 0. The number of benzene rings is 2. The third-order valence-corrected chi connectivity index (χ3v) is 3.16. The minimum Gasteiger partial charge on any atom is -0.496 e. The zero-order valence-electron chi connectivity index (χ0n) is 13.3. The van der Waals surface area contributed by atoms with Gasteiger partial charge in [0.1, 0.15) is 18.1 Å². The highest BCUT2D eigenvalue weighted by molar-refractivity contribution is 5.88. The Kier molecular flexibility index (Phi) is 6.24. The fraction of sp³-hybridized carbons (Fsp3) is 0.211. The van der Waals surface area contributed by atoms with Gasteiger partial charge < -0.3 is 14.2 Å². The van der Waals surface area contributed by atoms with Gasteiger partial charge >= 0.3 is 5.97 Å². The first-order valence-corrected chi connectivity index (χ1v) is 7.43. The van der Waals surface area contributed by atoms with Crippen LogP contribution in [0.4, 0.5) is 0 Å². The summed E-state index contributed by atoms with van der Waals surface area (Å²) >= 11 is 0. The van der Waals surface area contributed by atoms with Crippen LogP contribution < -0.4 is 9.47 Å². The molecule has 0 aliphatic rings. The molecule has 0 fully saturated rings. The molecule has 0 atom stereocenters. The molecule has 0 saturated carbocycles. The zero-order valence-corrected chi connectivity index (χ0v) is 13.3. The highest BCUT2D eigenvalue weighted by Gasteiger charge is 2.08. The van der Waals surface area contributed by atoms with Gasteiger partial charge in [0.15, 0.2) is 0 Å². The van der Waals surface area contributed by atoms with Crippen LogP contribution in [0.1, 0.15) is 18.1 Å². The van der Waals surface area contributed by atoms with Gasteiger partial charge in [0.05, 0.1) is 19.3 Å². The second-order valence-electron chi connectivity index (χ2n) is 4.73. The van der Waals surface area contributed by atoms with E-state index in [4.69, 9.17) is 14.2 Å². The van der Waals surface area contributed by atoms with Crippen LogP contribution in [0, 0.1) is 0 Å². The predicted molar refractivity (Wildman–Crippen MR) is 89.4 cm³/mol. The van der Waals surface area contributed by atoms with Crippen LogP contribution >= 0.6 is 0 Å². The van der Waals surface area contributed by atoms with Gasteiger partial charge in [-0.3, -0.25) is 0 Å². The highest BCUT2D eigenvalue weighted by Crippen LogP contribution is 2.30. The summed E-state index contributed by atoms with van der Waals surface area (Å²) in [4.78, 5) is 11.5. The minimum atomic E-state index is -0.396. The molecule has 120 valence electrons. The summed E-state index contributed by atoms with van der Waals surface area (Å²) < 4.78 is 16.1. The Morgan fingerprint density at radius 3 is 2.48 bits per heavy atom. The van der Waals surface area contributed by atoms with E-state index in [9.17, 15) is 4.79 Å². The molecule has 0 bridgehead atoms. The van der Waals surface area contributed by atoms with Gasteiger partial charge in [-0.15, -0.1) is 0 Å². The van der Waals surface area contributed by atoms with Crippen LogP contribution in [0.5, 0.6) is 11.5 Å². The number of carbonyl (C=O) groups excluding carboxylic acids is 1. The molecule has 23 heavy (non-hydrogen) atoms. The largest absolute Gasteiger partial charge is 0.496 e. The Hall–Kier alpha value is -2.75. The molecule has 4 heteroatoms. The molecular formula is C19H20O4. The standard InChI is InChI=1S/C19H20O4/c1-3-22-19(20)13-12-16-17(21-2)10-7-11-18(16)23-14-15-8-5-4-6-9-15/h4-13H,3,14H2,1-2H3. The third kappa shape index (κ3) is 4.88. The number of rotatable bonds is 7. The molecule has 2 aromatic carbocycles. The van der Waals surface area contributed by atoms with Crippen LogP contribution in [0.2, 0.25) is 0 Å². The highest BCUT2D eigenvalue weighted by atomic mass is 16.5. The van der Waals surface area contributed by atoms with Gasteiger partial charge in [-0.05, 0) is 30.7 Å². The molecular weight excluding hydrogens is 292 g/mol. The molecule has 2 aromatic rings. The molecule has 0 aromatic heterocycles. The van der Waals surface area contributed by atoms with Crippen molar-refractivity contribution >= 4 is 12.0 Å². The van der Waals surface area contributed by atoms with Crippen LogP contribution in [0.15, 0.2) is 54.6 Å². The van der Waals surface area contributed by atoms with E-state index in [0.29, 0.717) is 30.3 Å². The Morgan fingerprint density at radius 1 is 1.04 bits per heavy atom. The maximum Gasteiger partial charge on any atom is 0.330 e. The molecule has 0 amide bonds. The second kappa shape index (κ2) is 8.63. The first kappa shape index (κ1) is 16.6. The predicted octanol–water partition coefficient (Wildman–Crippen LogP) is 3.85. The van der Waals surface area contributed by atoms with Crippen molar-refractivity contribution in [3.8, 4) is 11.5 Å². The maximum absolute atomic E-state index is 11.5. The summed E-state index contributed by atoms with van der Waals surface area (Å²) in [5.74, 6) is 0.886. The topological polar surface area (TPSA) is 44.8 Å². The van der Waals surface area contributed by atoms with Crippen molar-refractivity contribution in [2.45, 2.75) is 13.5 Å². The number of ether oxygens (including phenoxy) is 3. The summed E-state index contributed by atoms with van der Waals surface area (Å²) in [6.07, 6.45) is 3.02. The number of esters is 1. The van der Waals surface area contributed by atoms with E-state index in [1.165, 1.54) is 6.08 Å². The quantitative estimate of drug-likeness (QED) is 0.575. The lowest BCUT2D eigenvalue weighted by molar-refractivity contribution is -0.137. The molecule has 0 spiro atoms. The molecule has 0 unspecified atom stereocenters. The summed E-state index contributed by atoms with van der Waals surface area (Å²) in [6.45, 7) is 2.55. The average molecular weight is 312 g/mol. The minimum absolute atomic E-state index is 0.340. The SMILES string of the molecule is CCOC(=O)C=Cc1c(OC)cccc1OCc1ccccc1. The smallest absolute Gasteiger partial charge is 0.330 e. The first-order valence-electron chi connectivity index (χ1n) is 7.43.